The van der Waals surface area contributed by atoms with Crippen molar-refractivity contribution in [1.29, 1.82) is 0 Å². The molecule has 116 valence electrons. The van der Waals surface area contributed by atoms with Gasteiger partial charge < -0.3 is 10.6 Å². The van der Waals surface area contributed by atoms with Crippen molar-refractivity contribution in [3.05, 3.63) is 70.2 Å². The van der Waals surface area contributed by atoms with Crippen LogP contribution >= 0.6 is 11.6 Å². The highest BCUT2D eigenvalue weighted by Crippen LogP contribution is 2.42. The third-order valence-electron chi connectivity index (χ3n) is 4.72. The van der Waals surface area contributed by atoms with Crippen molar-refractivity contribution in [2.24, 2.45) is 5.73 Å². The van der Waals surface area contributed by atoms with Crippen LogP contribution in [0.15, 0.2) is 48.5 Å². The summed E-state index contributed by atoms with van der Waals surface area (Å²) >= 11 is 6.10. The number of hydrogen-bond acceptors (Lipinski definition) is 2. The fourth-order valence-electron chi connectivity index (χ4n) is 3.80. The second-order valence-corrected chi connectivity index (χ2v) is 6.75. The van der Waals surface area contributed by atoms with Crippen molar-refractivity contribution in [3.63, 3.8) is 0 Å². The van der Waals surface area contributed by atoms with Gasteiger partial charge in [0.2, 0.25) is 0 Å². The molecule has 0 aromatic heterocycles. The molecule has 2 aromatic rings. The highest BCUT2D eigenvalue weighted by molar-refractivity contribution is 6.30. The Bertz CT molecular complexity index is 638. The molecule has 1 unspecified atom stereocenters. The van der Waals surface area contributed by atoms with Gasteiger partial charge in [-0.25, -0.2) is 0 Å². The van der Waals surface area contributed by atoms with E-state index < -0.39 is 0 Å². The molecule has 0 saturated heterocycles. The summed E-state index contributed by atoms with van der Waals surface area (Å²) in [5, 5.41) is 0.787. The number of halogens is 1. The number of fused-ring (bicyclic) bond motifs is 1. The fraction of sp³-hybridized carbons (Fsp3) is 0.368. The minimum Gasteiger partial charge on any atom is -0.330 e. The Morgan fingerprint density at radius 2 is 1.86 bits per heavy atom. The Labute approximate surface area is 137 Å². The van der Waals surface area contributed by atoms with Crippen molar-refractivity contribution >= 4 is 11.6 Å². The van der Waals surface area contributed by atoms with Crippen molar-refractivity contribution < 1.29 is 0 Å². The second kappa shape index (κ2) is 6.41. The van der Waals surface area contributed by atoms with Gasteiger partial charge in [0, 0.05) is 23.5 Å². The maximum absolute atomic E-state index is 6.10. The normalized spacial score (nSPS) is 21.6. The predicted octanol–water partition coefficient (Wildman–Crippen LogP) is 3.81. The van der Waals surface area contributed by atoms with Crippen LogP contribution in [0, 0.1) is 0 Å². The number of hydrogen-bond donors (Lipinski definition) is 1. The third-order valence-corrected chi connectivity index (χ3v) is 4.97. The summed E-state index contributed by atoms with van der Waals surface area (Å²) < 4.78 is 0. The lowest BCUT2D eigenvalue weighted by Crippen LogP contribution is -2.45. The number of likely N-dealkylation sites (N-methyl/N-ethyl adjacent to an activating group) is 1. The molecule has 0 aliphatic carbocycles. The molecule has 2 nitrogen and oxygen atoms in total. The highest BCUT2D eigenvalue weighted by Gasteiger charge is 2.39. The summed E-state index contributed by atoms with van der Waals surface area (Å²) in [6, 6.07) is 17.2. The lowest BCUT2D eigenvalue weighted by atomic mass is 9.67. The number of benzene rings is 2. The lowest BCUT2D eigenvalue weighted by Gasteiger charge is -2.44. The summed E-state index contributed by atoms with van der Waals surface area (Å²) in [7, 11) is 2.20. The van der Waals surface area contributed by atoms with E-state index in [2.05, 4.69) is 48.3 Å². The molecule has 0 radical (unpaired) electrons. The van der Waals surface area contributed by atoms with E-state index in [0.29, 0.717) is 0 Å². The van der Waals surface area contributed by atoms with E-state index in [1.54, 1.807) is 0 Å². The summed E-state index contributed by atoms with van der Waals surface area (Å²) in [5.74, 6) is 0. The summed E-state index contributed by atoms with van der Waals surface area (Å²) in [4.78, 5) is 2.41. The van der Waals surface area contributed by atoms with Crippen LogP contribution in [0.2, 0.25) is 5.02 Å². The third kappa shape index (κ3) is 2.79. The first-order valence-electron chi connectivity index (χ1n) is 7.89. The standard InChI is InChI=1S/C19H23ClN2/c1-22-13-15-5-2-3-6-18(15)19(14-22,11-4-12-21)16-7-9-17(20)10-8-16/h2-3,5-10H,4,11-14,21H2,1H3. The Morgan fingerprint density at radius 3 is 2.59 bits per heavy atom. The van der Waals surface area contributed by atoms with Crippen LogP contribution in [0.25, 0.3) is 0 Å². The Hall–Kier alpha value is -1.35. The molecule has 0 spiro atoms. The zero-order valence-electron chi connectivity index (χ0n) is 13.1. The van der Waals surface area contributed by atoms with Crippen LogP contribution in [0.5, 0.6) is 0 Å². The molecule has 0 saturated carbocycles. The van der Waals surface area contributed by atoms with Gasteiger partial charge in [0.25, 0.3) is 0 Å². The summed E-state index contributed by atoms with van der Waals surface area (Å²) in [6.45, 7) is 2.75. The van der Waals surface area contributed by atoms with Gasteiger partial charge in [-0.05, 0) is 55.3 Å². The molecule has 2 N–H and O–H groups in total. The van der Waals surface area contributed by atoms with Crippen LogP contribution in [0.4, 0.5) is 0 Å². The zero-order chi connectivity index (χ0) is 15.6. The molecule has 2 aromatic carbocycles. The average Bonchev–Trinajstić information content (AvgIpc) is 2.53. The fourth-order valence-corrected chi connectivity index (χ4v) is 3.92. The first-order chi connectivity index (χ1) is 10.7. The Balaban J connectivity index is 2.15. The topological polar surface area (TPSA) is 29.3 Å². The maximum Gasteiger partial charge on any atom is 0.0406 e. The Morgan fingerprint density at radius 1 is 1.14 bits per heavy atom. The van der Waals surface area contributed by atoms with E-state index in [1.165, 1.54) is 16.7 Å². The quantitative estimate of drug-likeness (QED) is 0.930. The van der Waals surface area contributed by atoms with Gasteiger partial charge in [-0.15, -0.1) is 0 Å². The van der Waals surface area contributed by atoms with E-state index in [9.17, 15) is 0 Å². The smallest absolute Gasteiger partial charge is 0.0406 e. The van der Waals surface area contributed by atoms with Crippen molar-refractivity contribution in [2.75, 3.05) is 20.1 Å². The SMILES string of the molecule is CN1Cc2ccccc2C(CCCN)(c2ccc(Cl)cc2)C1. The van der Waals surface area contributed by atoms with Crippen LogP contribution in [0.1, 0.15) is 29.5 Å². The molecule has 0 amide bonds. The molecule has 1 heterocycles. The van der Waals surface area contributed by atoms with Crippen LogP contribution in [0.3, 0.4) is 0 Å². The molecule has 0 fully saturated rings. The van der Waals surface area contributed by atoms with E-state index in [1.807, 2.05) is 12.1 Å². The van der Waals surface area contributed by atoms with E-state index >= 15 is 0 Å². The minimum atomic E-state index is 0.00749. The molecule has 3 heteroatoms. The van der Waals surface area contributed by atoms with Gasteiger partial charge in [0.05, 0.1) is 0 Å². The first-order valence-corrected chi connectivity index (χ1v) is 8.26. The predicted molar refractivity (Wildman–Crippen MR) is 93.3 cm³/mol. The molecular formula is C19H23ClN2. The summed E-state index contributed by atoms with van der Waals surface area (Å²) in [6.07, 6.45) is 2.08. The largest absolute Gasteiger partial charge is 0.330 e. The molecular weight excluding hydrogens is 292 g/mol. The zero-order valence-corrected chi connectivity index (χ0v) is 13.8. The Kier molecular flexibility index (Phi) is 4.53. The number of nitrogens with zero attached hydrogens (tertiary/aromatic N) is 1. The van der Waals surface area contributed by atoms with Crippen molar-refractivity contribution in [3.8, 4) is 0 Å². The highest BCUT2D eigenvalue weighted by atomic mass is 35.5. The minimum absolute atomic E-state index is 0.00749. The summed E-state index contributed by atoms with van der Waals surface area (Å²) in [5.41, 5.74) is 10.0. The number of rotatable bonds is 4. The lowest BCUT2D eigenvalue weighted by molar-refractivity contribution is 0.226. The molecule has 1 aliphatic rings. The number of nitrogens with two attached hydrogens (primary N) is 1. The second-order valence-electron chi connectivity index (χ2n) is 6.31. The van der Waals surface area contributed by atoms with Gasteiger partial charge in [-0.3, -0.25) is 0 Å². The van der Waals surface area contributed by atoms with E-state index in [0.717, 1.165) is 37.5 Å². The van der Waals surface area contributed by atoms with E-state index in [4.69, 9.17) is 17.3 Å². The van der Waals surface area contributed by atoms with Gasteiger partial charge in [-0.1, -0.05) is 48.0 Å². The molecule has 0 bridgehead atoms. The van der Waals surface area contributed by atoms with Gasteiger partial charge in [-0.2, -0.15) is 0 Å². The molecule has 3 rings (SSSR count). The average molecular weight is 315 g/mol. The monoisotopic (exact) mass is 314 g/mol. The molecule has 1 aliphatic heterocycles. The van der Waals surface area contributed by atoms with Crippen molar-refractivity contribution in [2.45, 2.75) is 24.8 Å². The van der Waals surface area contributed by atoms with Gasteiger partial charge in [0.1, 0.15) is 0 Å². The van der Waals surface area contributed by atoms with Crippen molar-refractivity contribution in [1.82, 2.24) is 4.90 Å². The van der Waals surface area contributed by atoms with Crippen LogP contribution in [-0.4, -0.2) is 25.0 Å². The molecule has 1 atom stereocenters. The van der Waals surface area contributed by atoms with Gasteiger partial charge in [0.15, 0.2) is 0 Å². The van der Waals surface area contributed by atoms with Crippen LogP contribution in [-0.2, 0) is 12.0 Å². The van der Waals surface area contributed by atoms with E-state index in [-0.39, 0.29) is 5.41 Å². The molecule has 22 heavy (non-hydrogen) atoms. The first kappa shape index (κ1) is 15.5. The maximum atomic E-state index is 6.10. The van der Waals surface area contributed by atoms with Crippen LogP contribution < -0.4 is 5.73 Å². The van der Waals surface area contributed by atoms with Gasteiger partial charge >= 0.3 is 0 Å².